The van der Waals surface area contributed by atoms with Gasteiger partial charge in [-0.15, -0.1) is 0 Å². The van der Waals surface area contributed by atoms with Crippen LogP contribution in [0.4, 0.5) is 0 Å². The van der Waals surface area contributed by atoms with Gasteiger partial charge in [-0.25, -0.2) is 0 Å². The summed E-state index contributed by atoms with van der Waals surface area (Å²) in [4.78, 5) is 0. The molecule has 0 radical (unpaired) electrons. The molecule has 27 heavy (non-hydrogen) atoms. The molecule has 0 aromatic carbocycles. The van der Waals surface area contributed by atoms with Crippen molar-refractivity contribution in [2.45, 2.75) is 142 Å². The SMILES string of the molecule is CCCCCCCCCCCC(CCCCCCC(C)CCC(C)O)=NO. The Labute approximate surface area is 170 Å². The quantitative estimate of drug-likeness (QED) is 0.0972. The van der Waals surface area contributed by atoms with E-state index < -0.39 is 0 Å². The normalized spacial score (nSPS) is 14.4. The maximum Gasteiger partial charge on any atom is 0.0570 e. The molecule has 0 aliphatic carbocycles. The number of oxime groups is 1. The van der Waals surface area contributed by atoms with E-state index in [0.717, 1.165) is 43.7 Å². The van der Waals surface area contributed by atoms with Crippen LogP contribution in [0.5, 0.6) is 0 Å². The van der Waals surface area contributed by atoms with Gasteiger partial charge in [-0.05, 0) is 51.4 Å². The first-order valence-electron chi connectivity index (χ1n) is 12.0. The lowest BCUT2D eigenvalue weighted by molar-refractivity contribution is 0.173. The average Bonchev–Trinajstić information content (AvgIpc) is 2.65. The molecule has 0 aliphatic heterocycles. The zero-order valence-corrected chi connectivity index (χ0v) is 18.7. The monoisotopic (exact) mass is 383 g/mol. The van der Waals surface area contributed by atoms with Gasteiger partial charge in [0.2, 0.25) is 0 Å². The molecule has 0 spiro atoms. The van der Waals surface area contributed by atoms with Gasteiger partial charge in [0.25, 0.3) is 0 Å². The number of unbranched alkanes of at least 4 members (excludes halogenated alkanes) is 11. The highest BCUT2D eigenvalue weighted by Crippen LogP contribution is 2.17. The van der Waals surface area contributed by atoms with Crippen molar-refractivity contribution in [3.8, 4) is 0 Å². The Kier molecular flexibility index (Phi) is 19.7. The lowest BCUT2D eigenvalue weighted by Crippen LogP contribution is -2.03. The first kappa shape index (κ1) is 26.4. The van der Waals surface area contributed by atoms with Crippen LogP contribution in [0.1, 0.15) is 136 Å². The highest BCUT2D eigenvalue weighted by molar-refractivity contribution is 5.83. The number of aliphatic hydroxyl groups is 1. The van der Waals surface area contributed by atoms with Gasteiger partial charge in [0, 0.05) is 0 Å². The smallest absolute Gasteiger partial charge is 0.0570 e. The van der Waals surface area contributed by atoms with Crippen molar-refractivity contribution < 1.29 is 10.3 Å². The Morgan fingerprint density at radius 3 is 1.63 bits per heavy atom. The van der Waals surface area contributed by atoms with Crippen LogP contribution >= 0.6 is 0 Å². The summed E-state index contributed by atoms with van der Waals surface area (Å²) >= 11 is 0. The Morgan fingerprint density at radius 2 is 1.15 bits per heavy atom. The summed E-state index contributed by atoms with van der Waals surface area (Å²) in [5.41, 5.74) is 1.00. The largest absolute Gasteiger partial charge is 0.411 e. The number of hydrogen-bond acceptors (Lipinski definition) is 3. The number of hydrogen-bond donors (Lipinski definition) is 2. The van der Waals surface area contributed by atoms with Crippen molar-refractivity contribution in [3.63, 3.8) is 0 Å². The molecule has 162 valence electrons. The summed E-state index contributed by atoms with van der Waals surface area (Å²) < 4.78 is 0. The highest BCUT2D eigenvalue weighted by Gasteiger charge is 2.05. The van der Waals surface area contributed by atoms with Crippen LogP contribution in [-0.4, -0.2) is 22.1 Å². The molecule has 0 fully saturated rings. The van der Waals surface area contributed by atoms with Crippen LogP contribution in [-0.2, 0) is 0 Å². The molecule has 2 N–H and O–H groups in total. The molecule has 2 atom stereocenters. The predicted molar refractivity (Wildman–Crippen MR) is 119 cm³/mol. The van der Waals surface area contributed by atoms with Crippen LogP contribution in [0.15, 0.2) is 5.16 Å². The van der Waals surface area contributed by atoms with Crippen LogP contribution in [0.2, 0.25) is 0 Å². The van der Waals surface area contributed by atoms with Gasteiger partial charge < -0.3 is 10.3 Å². The van der Waals surface area contributed by atoms with Crippen molar-refractivity contribution in [2.75, 3.05) is 0 Å². The second kappa shape index (κ2) is 20.2. The first-order chi connectivity index (χ1) is 13.1. The zero-order valence-electron chi connectivity index (χ0n) is 18.7. The van der Waals surface area contributed by atoms with Gasteiger partial charge in [-0.1, -0.05) is 96.1 Å². The average molecular weight is 384 g/mol. The van der Waals surface area contributed by atoms with Gasteiger partial charge in [-0.2, -0.15) is 0 Å². The molecule has 3 heteroatoms. The molecule has 0 rings (SSSR count). The summed E-state index contributed by atoms with van der Waals surface area (Å²) in [6, 6.07) is 0. The van der Waals surface area contributed by atoms with Crippen LogP contribution < -0.4 is 0 Å². The van der Waals surface area contributed by atoms with E-state index in [0.29, 0.717) is 0 Å². The van der Waals surface area contributed by atoms with Crippen LogP contribution in [0.3, 0.4) is 0 Å². The zero-order chi connectivity index (χ0) is 20.2. The predicted octanol–water partition coefficient (Wildman–Crippen LogP) is 7.88. The van der Waals surface area contributed by atoms with E-state index in [1.807, 2.05) is 6.92 Å². The van der Waals surface area contributed by atoms with Gasteiger partial charge in [-0.3, -0.25) is 0 Å². The van der Waals surface area contributed by atoms with Gasteiger partial charge in [0.1, 0.15) is 0 Å². The first-order valence-corrected chi connectivity index (χ1v) is 12.0. The molecule has 0 amide bonds. The lowest BCUT2D eigenvalue weighted by Gasteiger charge is -2.12. The van der Waals surface area contributed by atoms with E-state index in [2.05, 4.69) is 19.0 Å². The van der Waals surface area contributed by atoms with Crippen molar-refractivity contribution in [1.82, 2.24) is 0 Å². The van der Waals surface area contributed by atoms with Crippen molar-refractivity contribution in [2.24, 2.45) is 11.1 Å². The molecule has 2 unspecified atom stereocenters. The fourth-order valence-corrected chi connectivity index (χ4v) is 3.71. The van der Waals surface area contributed by atoms with E-state index in [9.17, 15) is 10.3 Å². The number of rotatable bonds is 20. The second-order valence-electron chi connectivity index (χ2n) is 8.73. The van der Waals surface area contributed by atoms with E-state index in [1.165, 1.54) is 83.5 Å². The minimum Gasteiger partial charge on any atom is -0.411 e. The minimum absolute atomic E-state index is 0.158. The van der Waals surface area contributed by atoms with E-state index >= 15 is 0 Å². The summed E-state index contributed by atoms with van der Waals surface area (Å²) in [6.45, 7) is 6.44. The third-order valence-electron chi connectivity index (χ3n) is 5.70. The molecule has 0 saturated heterocycles. The maximum atomic E-state index is 9.33. The summed E-state index contributed by atoms with van der Waals surface area (Å²) in [5.74, 6) is 0.723. The Morgan fingerprint density at radius 1 is 0.667 bits per heavy atom. The van der Waals surface area contributed by atoms with E-state index in [4.69, 9.17) is 0 Å². The Bertz CT molecular complexity index is 328. The standard InChI is InChI=1S/C24H49NO2/c1-4-5-6-7-8-9-10-11-15-18-24(25-27)19-16-13-12-14-17-22(2)20-21-23(3)26/h22-23,26-27H,4-21H2,1-3H3. The molecular formula is C24H49NO2. The summed E-state index contributed by atoms with van der Waals surface area (Å²) in [7, 11) is 0. The highest BCUT2D eigenvalue weighted by atomic mass is 16.4. The summed E-state index contributed by atoms with van der Waals surface area (Å²) in [6.07, 6.45) is 22.1. The van der Waals surface area contributed by atoms with Crippen molar-refractivity contribution in [1.29, 1.82) is 0 Å². The topological polar surface area (TPSA) is 52.8 Å². The van der Waals surface area contributed by atoms with E-state index in [-0.39, 0.29) is 6.10 Å². The Hall–Kier alpha value is -0.570. The fraction of sp³-hybridized carbons (Fsp3) is 0.958. The Balaban J connectivity index is 3.44. The maximum absolute atomic E-state index is 9.33. The lowest BCUT2D eigenvalue weighted by atomic mass is 9.96. The number of aliphatic hydroxyl groups excluding tert-OH is 1. The van der Waals surface area contributed by atoms with Crippen LogP contribution in [0.25, 0.3) is 0 Å². The van der Waals surface area contributed by atoms with Gasteiger partial charge in [0.15, 0.2) is 0 Å². The van der Waals surface area contributed by atoms with Gasteiger partial charge in [0.05, 0.1) is 11.8 Å². The molecule has 0 aromatic heterocycles. The van der Waals surface area contributed by atoms with Gasteiger partial charge >= 0.3 is 0 Å². The second-order valence-corrected chi connectivity index (χ2v) is 8.73. The third kappa shape index (κ3) is 20.0. The minimum atomic E-state index is -0.158. The number of nitrogens with zero attached hydrogens (tertiary/aromatic N) is 1. The van der Waals surface area contributed by atoms with E-state index in [1.54, 1.807) is 0 Å². The third-order valence-corrected chi connectivity index (χ3v) is 5.70. The van der Waals surface area contributed by atoms with Crippen LogP contribution in [0, 0.1) is 5.92 Å². The molecule has 0 saturated carbocycles. The van der Waals surface area contributed by atoms with Crippen molar-refractivity contribution >= 4 is 5.71 Å². The molecule has 3 nitrogen and oxygen atoms in total. The fourth-order valence-electron chi connectivity index (χ4n) is 3.71. The molecule has 0 heterocycles. The molecule has 0 aliphatic rings. The summed E-state index contributed by atoms with van der Waals surface area (Å²) in [5, 5.41) is 22.1. The molecular weight excluding hydrogens is 334 g/mol. The molecule has 0 aromatic rings. The van der Waals surface area contributed by atoms with Crippen molar-refractivity contribution in [3.05, 3.63) is 0 Å². The molecule has 0 bridgehead atoms.